The van der Waals surface area contributed by atoms with Crippen molar-refractivity contribution in [3.63, 3.8) is 0 Å². The fourth-order valence-electron chi connectivity index (χ4n) is 4.34. The molecule has 1 atom stereocenters. The van der Waals surface area contributed by atoms with Crippen molar-refractivity contribution < 1.29 is 4.79 Å². The average Bonchev–Trinajstić information content (AvgIpc) is 2.72. The maximum absolute atomic E-state index is 13.0. The fourth-order valence-corrected chi connectivity index (χ4v) is 4.34. The highest BCUT2D eigenvalue weighted by Crippen LogP contribution is 2.45. The summed E-state index contributed by atoms with van der Waals surface area (Å²) in [6.07, 6.45) is 2.27. The number of carbonyl (C=O) groups excluding carboxylic acids is 1. The first-order valence-corrected chi connectivity index (χ1v) is 8.27. The van der Waals surface area contributed by atoms with Gasteiger partial charge >= 0.3 is 0 Å². The summed E-state index contributed by atoms with van der Waals surface area (Å²) in [4.78, 5) is 13.0. The van der Waals surface area contributed by atoms with Crippen molar-refractivity contribution in [2.45, 2.75) is 44.7 Å². The van der Waals surface area contributed by atoms with Gasteiger partial charge < -0.3 is 11.1 Å². The molecule has 0 saturated carbocycles. The number of hydrogen-bond donors (Lipinski definition) is 2. The summed E-state index contributed by atoms with van der Waals surface area (Å²) in [5.74, 6) is 0.0436. The molecule has 3 nitrogen and oxygen atoms in total. The molecule has 3 N–H and O–H groups in total. The Morgan fingerprint density at radius 3 is 1.96 bits per heavy atom. The van der Waals surface area contributed by atoms with E-state index in [2.05, 4.69) is 55.6 Å². The Hall–Kier alpha value is -2.13. The predicted octanol–water partition coefficient (Wildman–Crippen LogP) is 2.49. The van der Waals surface area contributed by atoms with E-state index in [-0.39, 0.29) is 12.1 Å². The van der Waals surface area contributed by atoms with E-state index in [9.17, 15) is 4.79 Å². The first-order chi connectivity index (χ1) is 11.0. The van der Waals surface area contributed by atoms with Crippen LogP contribution in [0.15, 0.2) is 36.4 Å². The van der Waals surface area contributed by atoms with Gasteiger partial charge in [-0.2, -0.15) is 0 Å². The summed E-state index contributed by atoms with van der Waals surface area (Å²) in [6.45, 7) is 4.21. The zero-order valence-corrected chi connectivity index (χ0v) is 13.6. The maximum atomic E-state index is 13.0. The molecule has 2 aromatic rings. The molecule has 0 unspecified atom stereocenters. The Kier molecular flexibility index (Phi) is 3.10. The second-order valence-corrected chi connectivity index (χ2v) is 7.01. The van der Waals surface area contributed by atoms with Crippen molar-refractivity contribution in [2.24, 2.45) is 5.73 Å². The van der Waals surface area contributed by atoms with Crippen LogP contribution < -0.4 is 11.1 Å². The molecule has 1 amide bonds. The van der Waals surface area contributed by atoms with E-state index in [0.717, 1.165) is 24.0 Å². The lowest BCUT2D eigenvalue weighted by atomic mass is 9.70. The molecule has 0 radical (unpaired) electrons. The minimum absolute atomic E-state index is 0.0436. The van der Waals surface area contributed by atoms with Crippen LogP contribution in [0.1, 0.15) is 39.8 Å². The van der Waals surface area contributed by atoms with Crippen LogP contribution >= 0.6 is 0 Å². The van der Waals surface area contributed by atoms with Crippen LogP contribution in [-0.2, 0) is 23.1 Å². The van der Waals surface area contributed by atoms with Gasteiger partial charge in [0.2, 0.25) is 5.91 Å². The number of aryl methyl sites for hydroxylation is 4. The number of hydrogen-bond acceptors (Lipinski definition) is 2. The van der Waals surface area contributed by atoms with E-state index < -0.39 is 5.41 Å². The Balaban J connectivity index is 2.05. The number of nitrogens with one attached hydrogen (secondary N) is 1. The average molecular weight is 306 g/mol. The van der Waals surface area contributed by atoms with Gasteiger partial charge in [0.25, 0.3) is 0 Å². The van der Waals surface area contributed by atoms with Crippen molar-refractivity contribution in [3.8, 4) is 0 Å². The number of benzene rings is 2. The van der Waals surface area contributed by atoms with Crippen molar-refractivity contribution >= 4 is 5.91 Å². The van der Waals surface area contributed by atoms with E-state index in [1.165, 1.54) is 22.3 Å². The molecule has 0 bridgehead atoms. The topological polar surface area (TPSA) is 55.1 Å². The molecule has 1 aliphatic carbocycles. The monoisotopic (exact) mass is 306 g/mol. The second-order valence-electron chi connectivity index (χ2n) is 7.01. The Bertz CT molecular complexity index is 756. The molecule has 3 heteroatoms. The molecule has 0 aromatic heterocycles. The lowest BCUT2D eigenvalue weighted by Crippen LogP contribution is -2.38. The molecule has 1 spiro atoms. The quantitative estimate of drug-likeness (QED) is 0.786. The maximum Gasteiger partial charge on any atom is 0.236 e. The van der Waals surface area contributed by atoms with Gasteiger partial charge in [0, 0.05) is 6.42 Å². The zero-order valence-electron chi connectivity index (χ0n) is 13.6. The normalized spacial score (nSPS) is 21.5. The van der Waals surface area contributed by atoms with Crippen LogP contribution in [0.4, 0.5) is 0 Å². The Morgan fingerprint density at radius 1 is 1.00 bits per heavy atom. The highest BCUT2D eigenvalue weighted by atomic mass is 16.2. The minimum Gasteiger partial charge on any atom is -0.340 e. The van der Waals surface area contributed by atoms with E-state index in [0.29, 0.717) is 6.42 Å². The SMILES string of the molecule is Cc1ccc2c(c1)CCc1cc(C)ccc1C21C[C@H](N)NC1=O. The molecule has 4 rings (SSSR count). The van der Waals surface area contributed by atoms with Crippen LogP contribution in [0.2, 0.25) is 0 Å². The fraction of sp³-hybridized carbons (Fsp3) is 0.350. The minimum atomic E-state index is -0.637. The van der Waals surface area contributed by atoms with E-state index in [4.69, 9.17) is 5.73 Å². The number of carbonyl (C=O) groups is 1. The number of amides is 1. The molecular weight excluding hydrogens is 284 g/mol. The van der Waals surface area contributed by atoms with Gasteiger partial charge in [0.05, 0.1) is 6.17 Å². The van der Waals surface area contributed by atoms with Crippen molar-refractivity contribution in [1.29, 1.82) is 0 Å². The summed E-state index contributed by atoms with van der Waals surface area (Å²) >= 11 is 0. The largest absolute Gasteiger partial charge is 0.340 e. The smallest absolute Gasteiger partial charge is 0.236 e. The van der Waals surface area contributed by atoms with Gasteiger partial charge in [-0.1, -0.05) is 47.5 Å². The van der Waals surface area contributed by atoms with Crippen LogP contribution in [0, 0.1) is 13.8 Å². The highest BCUT2D eigenvalue weighted by Gasteiger charge is 2.51. The molecule has 118 valence electrons. The third kappa shape index (κ3) is 2.03. The first kappa shape index (κ1) is 14.5. The third-order valence-electron chi connectivity index (χ3n) is 5.33. The molecule has 1 fully saturated rings. The lowest BCUT2D eigenvalue weighted by Gasteiger charge is -2.29. The van der Waals surface area contributed by atoms with Crippen molar-refractivity contribution in [1.82, 2.24) is 5.32 Å². The molecule has 1 aliphatic heterocycles. The number of rotatable bonds is 0. The van der Waals surface area contributed by atoms with E-state index in [1.54, 1.807) is 0 Å². The molecule has 2 aromatic carbocycles. The third-order valence-corrected chi connectivity index (χ3v) is 5.33. The number of fused-ring (bicyclic) bond motifs is 4. The van der Waals surface area contributed by atoms with Gasteiger partial charge in [-0.3, -0.25) is 4.79 Å². The van der Waals surface area contributed by atoms with E-state index in [1.807, 2.05) is 0 Å². The summed E-state index contributed by atoms with van der Waals surface area (Å²) < 4.78 is 0. The lowest BCUT2D eigenvalue weighted by molar-refractivity contribution is -0.122. The second kappa shape index (κ2) is 4.93. The first-order valence-electron chi connectivity index (χ1n) is 8.27. The van der Waals surface area contributed by atoms with Gasteiger partial charge in [0.15, 0.2) is 0 Å². The van der Waals surface area contributed by atoms with E-state index >= 15 is 0 Å². The highest BCUT2D eigenvalue weighted by molar-refractivity contribution is 5.95. The van der Waals surface area contributed by atoms with Crippen molar-refractivity contribution in [3.05, 3.63) is 69.8 Å². The summed E-state index contributed by atoms with van der Waals surface area (Å²) in [6, 6.07) is 12.9. The summed E-state index contributed by atoms with van der Waals surface area (Å²) in [5, 5.41) is 2.95. The van der Waals surface area contributed by atoms with Gasteiger partial charge in [-0.15, -0.1) is 0 Å². The van der Waals surface area contributed by atoms with Gasteiger partial charge in [-0.25, -0.2) is 0 Å². The van der Waals surface area contributed by atoms with Gasteiger partial charge in [0.1, 0.15) is 5.41 Å². The zero-order chi connectivity index (χ0) is 16.2. The predicted molar refractivity (Wildman–Crippen MR) is 91.3 cm³/mol. The summed E-state index contributed by atoms with van der Waals surface area (Å²) in [7, 11) is 0. The standard InChI is InChI=1S/C20H22N2O/c1-12-3-7-16-14(9-12)5-6-15-10-13(2)4-8-17(15)20(16)11-18(21)22-19(20)23/h3-4,7-10,18H,5-6,11,21H2,1-2H3,(H,22,23)/t18-/m1/s1. The van der Waals surface area contributed by atoms with Crippen molar-refractivity contribution in [2.75, 3.05) is 0 Å². The molecule has 23 heavy (non-hydrogen) atoms. The van der Waals surface area contributed by atoms with Crippen LogP contribution in [0.3, 0.4) is 0 Å². The van der Waals surface area contributed by atoms with Crippen LogP contribution in [-0.4, -0.2) is 12.1 Å². The molecule has 1 heterocycles. The number of nitrogens with two attached hydrogens (primary N) is 1. The van der Waals surface area contributed by atoms with Crippen LogP contribution in [0.25, 0.3) is 0 Å². The molecular formula is C20H22N2O. The Morgan fingerprint density at radius 2 is 1.52 bits per heavy atom. The molecule has 2 aliphatic rings. The Labute approximate surface area is 136 Å². The summed E-state index contributed by atoms with van der Waals surface area (Å²) in [5.41, 5.74) is 12.8. The van der Waals surface area contributed by atoms with Gasteiger partial charge in [-0.05, 0) is 48.9 Å². The van der Waals surface area contributed by atoms with Crippen LogP contribution in [0.5, 0.6) is 0 Å². The molecule has 1 saturated heterocycles.